The van der Waals surface area contributed by atoms with Gasteiger partial charge >= 0.3 is 0 Å². The van der Waals surface area contributed by atoms with Crippen LogP contribution in [0.25, 0.3) is 0 Å². The predicted octanol–water partition coefficient (Wildman–Crippen LogP) is 8.66. The number of nitrogens with one attached hydrogen (secondary N) is 2. The zero-order valence-corrected chi connectivity index (χ0v) is 38.3. The van der Waals surface area contributed by atoms with E-state index in [1.807, 2.05) is 12.5 Å². The maximum Gasteiger partial charge on any atom is 0.253 e. The highest BCUT2D eigenvalue weighted by Gasteiger charge is 2.33. The van der Waals surface area contributed by atoms with Crippen molar-refractivity contribution in [1.82, 2.24) is 20.6 Å². The third-order valence-corrected chi connectivity index (χ3v) is 12.0. The van der Waals surface area contributed by atoms with Crippen molar-refractivity contribution in [2.75, 3.05) is 37.9 Å². The Morgan fingerprint density at radius 2 is 1.03 bits per heavy atom. The molecular weight excluding hydrogens is 805 g/mol. The van der Waals surface area contributed by atoms with E-state index in [1.165, 1.54) is 79.0 Å². The Bertz CT molecular complexity index is 1260. The Labute approximate surface area is 368 Å². The van der Waals surface area contributed by atoms with Crippen LogP contribution < -0.4 is 10.8 Å². The standard InChI is InChI=1S/C24H40N2O4S.C15H22N2O3S.3C2H4.O2/c1-3-4-5-6-7-8-9-10-11-23(31-2)30-25-24(29)20-14-12-19(13-15-20)18-26-21(27)16-17-22(26)28;1-21-9-8-16-15(20)12-4-2-11(3-5-12)10-17-13(18)6-7-14(17)19;4*1-2/h16-17,19-20,23H,3-15,18H2,1-2H3,(H,25,29);6-7,11-12H,2-5,8-10H2,1H3,(H,16,20);3*1-2H2;. The maximum atomic E-state index is 12.5. The molecule has 6 amide bonds. The van der Waals surface area contributed by atoms with Crippen molar-refractivity contribution in [1.29, 1.82) is 0 Å². The number of amides is 6. The van der Waals surface area contributed by atoms with E-state index in [0.717, 1.165) is 76.5 Å². The van der Waals surface area contributed by atoms with Crippen LogP contribution in [0.3, 0.4) is 0 Å². The third kappa shape index (κ3) is 23.8. The minimum Gasteiger partial charge on any atom is -0.355 e. The quantitative estimate of drug-likeness (QED) is 0.0371. The van der Waals surface area contributed by atoms with Gasteiger partial charge in [-0.05, 0) is 88.6 Å². The lowest BCUT2D eigenvalue weighted by atomic mass is 9.81. The fraction of sp³-hybridized carbons (Fsp3) is 0.644. The lowest BCUT2D eigenvalue weighted by molar-refractivity contribution is -0.142. The van der Waals surface area contributed by atoms with Gasteiger partial charge in [0.15, 0.2) is 0 Å². The highest BCUT2D eigenvalue weighted by Crippen LogP contribution is 2.31. The third-order valence-electron chi connectivity index (χ3n) is 10.6. The second-order valence-corrected chi connectivity index (χ2v) is 16.5. The van der Waals surface area contributed by atoms with Gasteiger partial charge in [-0.1, -0.05) is 51.9 Å². The molecular formula is C45H74N4O9S2. The molecule has 2 N–H and O–H groups in total. The van der Waals surface area contributed by atoms with Crippen molar-refractivity contribution >= 4 is 59.0 Å². The normalized spacial score (nSPS) is 20.6. The molecule has 2 aliphatic carbocycles. The van der Waals surface area contributed by atoms with E-state index in [2.05, 4.69) is 57.2 Å². The number of hydroxylamine groups is 1. The van der Waals surface area contributed by atoms with Crippen molar-refractivity contribution in [2.24, 2.45) is 23.7 Å². The molecule has 0 saturated heterocycles. The number of imide groups is 2. The molecule has 2 aliphatic heterocycles. The topological polar surface area (TPSA) is 176 Å². The predicted molar refractivity (Wildman–Crippen MR) is 248 cm³/mol. The Morgan fingerprint density at radius 1 is 0.650 bits per heavy atom. The molecule has 0 spiro atoms. The Hall–Kier alpha value is -3.82. The van der Waals surface area contributed by atoms with E-state index in [4.69, 9.17) is 14.8 Å². The molecule has 4 aliphatic rings. The summed E-state index contributed by atoms with van der Waals surface area (Å²) < 4.78 is 0. The van der Waals surface area contributed by atoms with Crippen molar-refractivity contribution in [3.05, 3.63) is 73.7 Å². The van der Waals surface area contributed by atoms with Crippen LogP contribution in [0.15, 0.2) is 63.8 Å². The van der Waals surface area contributed by atoms with E-state index in [1.54, 1.807) is 23.5 Å². The molecule has 2 fully saturated rings. The fourth-order valence-corrected chi connectivity index (χ4v) is 8.10. The average molecular weight is 879 g/mol. The van der Waals surface area contributed by atoms with Gasteiger partial charge in [0.25, 0.3) is 23.6 Å². The summed E-state index contributed by atoms with van der Waals surface area (Å²) in [7, 11) is 0. The fourth-order valence-electron chi connectivity index (χ4n) is 7.25. The monoisotopic (exact) mass is 878 g/mol. The Morgan fingerprint density at radius 3 is 1.42 bits per heavy atom. The summed E-state index contributed by atoms with van der Waals surface area (Å²) in [5.41, 5.74) is 2.69. The lowest BCUT2D eigenvalue weighted by Crippen LogP contribution is -2.39. The van der Waals surface area contributed by atoms with Gasteiger partial charge in [-0.25, -0.2) is 5.48 Å². The molecule has 4 rings (SSSR count). The van der Waals surface area contributed by atoms with Gasteiger partial charge in [-0.2, -0.15) is 11.8 Å². The summed E-state index contributed by atoms with van der Waals surface area (Å²) in [4.78, 5) is 93.3. The van der Waals surface area contributed by atoms with Crippen LogP contribution in [0.2, 0.25) is 0 Å². The van der Waals surface area contributed by atoms with E-state index >= 15 is 0 Å². The first kappa shape index (κ1) is 58.3. The van der Waals surface area contributed by atoms with E-state index in [0.29, 0.717) is 19.0 Å². The minimum atomic E-state index is -0.224. The number of unbranched alkanes of at least 4 members (excludes halogenated alkanes) is 7. The Kier molecular flexibility index (Phi) is 37.0. The highest BCUT2D eigenvalue weighted by atomic mass is 32.2. The average Bonchev–Trinajstić information content (AvgIpc) is 3.79. The van der Waals surface area contributed by atoms with Gasteiger partial charge < -0.3 is 5.32 Å². The second kappa shape index (κ2) is 38.1. The zero-order chi connectivity index (χ0) is 45.7. The maximum absolute atomic E-state index is 12.5. The van der Waals surface area contributed by atoms with Crippen LogP contribution >= 0.6 is 23.5 Å². The SMILES string of the molecule is C=C.C=C.C=C.CCCCCCCCCCC(ONC(=O)C1CCC(CN2C(=O)C=CC2=O)CC1)SC.CSCCNC(=O)C1CCC(CN2C(=O)C=CC2=O)CC1.O=O. The summed E-state index contributed by atoms with van der Waals surface area (Å²) in [6, 6.07) is 0. The van der Waals surface area contributed by atoms with E-state index in [-0.39, 0.29) is 58.6 Å². The summed E-state index contributed by atoms with van der Waals surface area (Å²) >= 11 is 3.36. The molecule has 0 aromatic heterocycles. The van der Waals surface area contributed by atoms with Gasteiger partial charge in [-0.15, -0.1) is 51.2 Å². The number of thioether (sulfide) groups is 2. The van der Waals surface area contributed by atoms with E-state index in [9.17, 15) is 28.8 Å². The van der Waals surface area contributed by atoms with Gasteiger partial charge in [0.1, 0.15) is 5.44 Å². The molecule has 1 atom stereocenters. The number of carbonyl (C=O) groups is 6. The molecule has 0 bridgehead atoms. The summed E-state index contributed by atoms with van der Waals surface area (Å²) in [5, 5.41) is 2.97. The smallest absolute Gasteiger partial charge is 0.253 e. The molecule has 60 heavy (non-hydrogen) atoms. The van der Waals surface area contributed by atoms with E-state index < -0.39 is 0 Å². The lowest BCUT2D eigenvalue weighted by Gasteiger charge is -2.30. The highest BCUT2D eigenvalue weighted by molar-refractivity contribution is 7.99. The Balaban J connectivity index is 0. The largest absolute Gasteiger partial charge is 0.355 e. The van der Waals surface area contributed by atoms with Crippen LogP contribution in [0.5, 0.6) is 0 Å². The van der Waals surface area contributed by atoms with Crippen LogP contribution in [0.1, 0.15) is 116 Å². The number of rotatable bonds is 21. The molecule has 340 valence electrons. The first-order chi connectivity index (χ1) is 29.2. The van der Waals surface area contributed by atoms with Crippen LogP contribution in [-0.2, 0) is 33.6 Å². The summed E-state index contributed by atoms with van der Waals surface area (Å²) in [6.45, 7) is 21.9. The zero-order valence-electron chi connectivity index (χ0n) is 36.7. The van der Waals surface area contributed by atoms with Crippen LogP contribution in [-0.4, -0.2) is 88.6 Å². The summed E-state index contributed by atoms with van der Waals surface area (Å²) in [6.07, 6.45) is 27.3. The van der Waals surface area contributed by atoms with Crippen molar-refractivity contribution in [3.8, 4) is 0 Å². The molecule has 1 unspecified atom stereocenters. The molecule has 13 nitrogen and oxygen atoms in total. The molecule has 0 aromatic carbocycles. The van der Waals surface area contributed by atoms with Gasteiger partial charge in [-0.3, -0.25) is 43.4 Å². The first-order valence-corrected chi connectivity index (χ1v) is 23.8. The summed E-state index contributed by atoms with van der Waals surface area (Å²) in [5.74, 6) is 0.821. The van der Waals surface area contributed by atoms with Gasteiger partial charge in [0.05, 0.1) is 0 Å². The van der Waals surface area contributed by atoms with Crippen LogP contribution in [0, 0.1) is 33.6 Å². The van der Waals surface area contributed by atoms with Gasteiger partial charge in [0.2, 0.25) is 11.8 Å². The van der Waals surface area contributed by atoms with Crippen molar-refractivity contribution in [2.45, 2.75) is 122 Å². The van der Waals surface area contributed by atoms with Crippen molar-refractivity contribution in [3.63, 3.8) is 0 Å². The second-order valence-electron chi connectivity index (χ2n) is 14.5. The molecule has 0 aromatic rings. The minimum absolute atomic E-state index is 0.0000665. The number of carbonyl (C=O) groups excluding carboxylic acids is 6. The van der Waals surface area contributed by atoms with Gasteiger partial charge in [0, 0.05) is 71.5 Å². The molecule has 15 heteroatoms. The van der Waals surface area contributed by atoms with Crippen molar-refractivity contribution < 1.29 is 33.6 Å². The number of nitrogens with zero attached hydrogens (tertiary/aromatic N) is 2. The molecule has 0 radical (unpaired) electrons. The molecule has 2 heterocycles. The first-order valence-electron chi connectivity index (χ1n) is 21.1. The van der Waals surface area contributed by atoms with Crippen LogP contribution in [0.4, 0.5) is 0 Å². The molecule has 2 saturated carbocycles. The number of hydrogen-bond donors (Lipinski definition) is 2. The number of hydrogen-bond acceptors (Lipinski definition) is 11.